The first-order valence-electron chi connectivity index (χ1n) is 4.03. The fourth-order valence-corrected chi connectivity index (χ4v) is 2.06. The molecule has 2 nitrogen and oxygen atoms in total. The summed E-state index contributed by atoms with van der Waals surface area (Å²) < 4.78 is 0. The number of hydrogen-bond donors (Lipinski definition) is 0. The topological polar surface area (TPSA) is 31.2 Å². The number of nitrogens with zero attached hydrogens (tertiary/aromatic N) is 1. The third-order valence-electron chi connectivity index (χ3n) is 1.76. The molecule has 1 aliphatic rings. The minimum Gasteiger partial charge on any atom is -0.300 e. The van der Waals surface area contributed by atoms with Crippen LogP contribution in [-0.4, -0.2) is 29.9 Å². The maximum Gasteiger partial charge on any atom is 0.129 e. The van der Waals surface area contributed by atoms with E-state index in [-0.39, 0.29) is 5.78 Å². The Balaban J connectivity index is 2.09. The molecule has 1 aliphatic heterocycles. The third-order valence-corrected chi connectivity index (χ3v) is 2.85. The minimum absolute atomic E-state index is 0.288. The van der Waals surface area contributed by atoms with Crippen molar-refractivity contribution in [1.29, 1.82) is 0 Å². The zero-order chi connectivity index (χ0) is 8.10. The third kappa shape index (κ3) is 3.77. The van der Waals surface area contributed by atoms with E-state index in [1.165, 1.54) is 0 Å². The van der Waals surface area contributed by atoms with Crippen LogP contribution in [0.15, 0.2) is 0 Å². The van der Waals surface area contributed by atoms with Gasteiger partial charge < -0.3 is 4.79 Å². The Kier molecular flexibility index (Phi) is 3.94. The summed E-state index contributed by atoms with van der Waals surface area (Å²) in [6, 6.07) is 0.456. The van der Waals surface area contributed by atoms with Crippen molar-refractivity contribution in [3.05, 3.63) is 0 Å². The molecule has 1 radical (unpaired) electrons. The summed E-state index contributed by atoms with van der Waals surface area (Å²) in [6.07, 6.45) is 1.66. The molecule has 0 saturated carbocycles. The van der Waals surface area contributed by atoms with Gasteiger partial charge in [0.1, 0.15) is 5.78 Å². The molecule has 1 fully saturated rings. The smallest absolute Gasteiger partial charge is 0.129 e. The lowest BCUT2D eigenvalue weighted by Gasteiger charge is -2.20. The molecule has 63 valence electrons. The number of thioether (sulfide) groups is 1. The van der Waals surface area contributed by atoms with Gasteiger partial charge in [-0.15, -0.1) is 0 Å². The van der Waals surface area contributed by atoms with Crippen molar-refractivity contribution >= 4 is 17.5 Å². The van der Waals surface area contributed by atoms with E-state index >= 15 is 0 Å². The van der Waals surface area contributed by atoms with Gasteiger partial charge in [0.15, 0.2) is 0 Å². The van der Waals surface area contributed by atoms with Gasteiger partial charge in [-0.3, -0.25) is 0 Å². The molecule has 1 rings (SSSR count). The van der Waals surface area contributed by atoms with Crippen molar-refractivity contribution in [3.63, 3.8) is 0 Å². The SMILES string of the molecule is CC(=O)CCC1CSCC[N]1. The first-order chi connectivity index (χ1) is 5.29. The molecular weight excluding hydrogens is 158 g/mol. The van der Waals surface area contributed by atoms with Crippen molar-refractivity contribution in [2.45, 2.75) is 25.8 Å². The number of rotatable bonds is 3. The highest BCUT2D eigenvalue weighted by Crippen LogP contribution is 2.12. The summed E-state index contributed by atoms with van der Waals surface area (Å²) in [4.78, 5) is 10.6. The van der Waals surface area contributed by atoms with Crippen LogP contribution in [0.4, 0.5) is 0 Å². The molecule has 0 aromatic rings. The fourth-order valence-electron chi connectivity index (χ4n) is 1.12. The van der Waals surface area contributed by atoms with E-state index in [1.807, 2.05) is 11.8 Å². The van der Waals surface area contributed by atoms with Gasteiger partial charge in [-0.1, -0.05) is 0 Å². The van der Waals surface area contributed by atoms with Crippen molar-refractivity contribution in [3.8, 4) is 0 Å². The number of Topliss-reactive ketones (excluding diaryl/α,β-unsaturated/α-hetero) is 1. The summed E-state index contributed by atoms with van der Waals surface area (Å²) in [6.45, 7) is 2.63. The highest BCUT2D eigenvalue weighted by atomic mass is 32.2. The van der Waals surface area contributed by atoms with Gasteiger partial charge in [0, 0.05) is 30.5 Å². The highest BCUT2D eigenvalue weighted by molar-refractivity contribution is 7.99. The Hall–Kier alpha value is -0.0200. The Morgan fingerprint density at radius 1 is 1.73 bits per heavy atom. The quantitative estimate of drug-likeness (QED) is 0.637. The van der Waals surface area contributed by atoms with Crippen molar-refractivity contribution in [2.75, 3.05) is 18.1 Å². The molecule has 1 atom stereocenters. The van der Waals surface area contributed by atoms with Gasteiger partial charge >= 0.3 is 0 Å². The Morgan fingerprint density at radius 3 is 3.09 bits per heavy atom. The van der Waals surface area contributed by atoms with Gasteiger partial charge in [0.2, 0.25) is 0 Å². The molecular formula is C8H14NOS. The fraction of sp³-hybridized carbons (Fsp3) is 0.875. The zero-order valence-corrected chi connectivity index (χ0v) is 7.69. The summed E-state index contributed by atoms with van der Waals surface area (Å²) in [5, 5.41) is 4.43. The molecule has 0 aliphatic carbocycles. The Morgan fingerprint density at radius 2 is 2.55 bits per heavy atom. The van der Waals surface area contributed by atoms with E-state index in [2.05, 4.69) is 5.32 Å². The van der Waals surface area contributed by atoms with Gasteiger partial charge in [0.05, 0.1) is 0 Å². The molecule has 0 N–H and O–H groups in total. The summed E-state index contributed by atoms with van der Waals surface area (Å²) >= 11 is 1.95. The van der Waals surface area contributed by atoms with Crippen LogP contribution in [0, 0.1) is 0 Å². The molecule has 11 heavy (non-hydrogen) atoms. The van der Waals surface area contributed by atoms with E-state index in [0.29, 0.717) is 12.5 Å². The molecule has 3 heteroatoms. The van der Waals surface area contributed by atoms with Crippen molar-refractivity contribution < 1.29 is 4.79 Å². The zero-order valence-electron chi connectivity index (χ0n) is 6.88. The minimum atomic E-state index is 0.288. The van der Waals surface area contributed by atoms with E-state index in [4.69, 9.17) is 0 Å². The van der Waals surface area contributed by atoms with Gasteiger partial charge in [-0.25, -0.2) is 5.32 Å². The molecule has 0 aromatic carbocycles. The van der Waals surface area contributed by atoms with E-state index in [9.17, 15) is 4.79 Å². The second kappa shape index (κ2) is 4.78. The van der Waals surface area contributed by atoms with Crippen LogP contribution in [0.2, 0.25) is 0 Å². The predicted molar refractivity (Wildman–Crippen MR) is 48.0 cm³/mol. The molecule has 0 amide bonds. The Labute approximate surface area is 72.1 Å². The van der Waals surface area contributed by atoms with Crippen LogP contribution in [0.25, 0.3) is 0 Å². The van der Waals surface area contributed by atoms with E-state index in [0.717, 1.165) is 24.5 Å². The van der Waals surface area contributed by atoms with Crippen LogP contribution < -0.4 is 5.32 Å². The van der Waals surface area contributed by atoms with Crippen LogP contribution in [-0.2, 0) is 4.79 Å². The maximum atomic E-state index is 10.6. The molecule has 1 unspecified atom stereocenters. The normalized spacial score (nSPS) is 25.0. The number of carbonyl (C=O) groups is 1. The molecule has 0 spiro atoms. The van der Waals surface area contributed by atoms with E-state index in [1.54, 1.807) is 6.92 Å². The van der Waals surface area contributed by atoms with Gasteiger partial charge in [-0.2, -0.15) is 11.8 Å². The first-order valence-corrected chi connectivity index (χ1v) is 5.18. The largest absolute Gasteiger partial charge is 0.300 e. The second-order valence-electron chi connectivity index (χ2n) is 2.88. The summed E-state index contributed by atoms with van der Waals surface area (Å²) in [7, 11) is 0. The van der Waals surface area contributed by atoms with Crippen LogP contribution in [0.1, 0.15) is 19.8 Å². The lowest BCUT2D eigenvalue weighted by atomic mass is 10.1. The monoisotopic (exact) mass is 172 g/mol. The first kappa shape index (κ1) is 9.07. The summed E-state index contributed by atoms with van der Waals surface area (Å²) in [5.74, 6) is 2.57. The Bertz CT molecular complexity index is 132. The molecule has 0 aromatic heterocycles. The molecule has 1 heterocycles. The average molecular weight is 172 g/mol. The number of carbonyl (C=O) groups excluding carboxylic acids is 1. The van der Waals surface area contributed by atoms with Gasteiger partial charge in [0.25, 0.3) is 0 Å². The highest BCUT2D eigenvalue weighted by Gasteiger charge is 2.13. The van der Waals surface area contributed by atoms with Gasteiger partial charge in [-0.05, 0) is 13.3 Å². The molecule has 0 bridgehead atoms. The molecule has 1 saturated heterocycles. The number of ketones is 1. The van der Waals surface area contributed by atoms with E-state index < -0.39 is 0 Å². The lowest BCUT2D eigenvalue weighted by Crippen LogP contribution is -2.31. The van der Waals surface area contributed by atoms with Crippen LogP contribution in [0.3, 0.4) is 0 Å². The van der Waals surface area contributed by atoms with Crippen molar-refractivity contribution in [2.24, 2.45) is 0 Å². The lowest BCUT2D eigenvalue weighted by molar-refractivity contribution is -0.117. The average Bonchev–Trinajstić information content (AvgIpc) is 2.03. The summed E-state index contributed by atoms with van der Waals surface area (Å²) in [5.41, 5.74) is 0. The predicted octanol–water partition coefficient (Wildman–Crippen LogP) is 1.08. The van der Waals surface area contributed by atoms with Crippen LogP contribution >= 0.6 is 11.8 Å². The van der Waals surface area contributed by atoms with Crippen LogP contribution in [0.5, 0.6) is 0 Å². The standard InChI is InChI=1S/C8H14NOS/c1-7(10)2-3-8-6-11-5-4-9-8/h8H,2-6H2,1H3. The van der Waals surface area contributed by atoms with Crippen molar-refractivity contribution in [1.82, 2.24) is 5.32 Å². The maximum absolute atomic E-state index is 10.6. The number of hydrogen-bond acceptors (Lipinski definition) is 2. The second-order valence-corrected chi connectivity index (χ2v) is 4.03.